The lowest BCUT2D eigenvalue weighted by atomic mass is 9.85. The van der Waals surface area contributed by atoms with E-state index in [0.29, 0.717) is 22.9 Å². The van der Waals surface area contributed by atoms with Crippen molar-refractivity contribution < 1.29 is 19.1 Å². The number of rotatable bonds is 6. The number of nitrogens with zero attached hydrogens (tertiary/aromatic N) is 3. The molecule has 2 N–H and O–H groups in total. The summed E-state index contributed by atoms with van der Waals surface area (Å²) in [5, 5.41) is 24.2. The molecule has 1 aliphatic rings. The lowest BCUT2D eigenvalue weighted by Crippen LogP contribution is -2.10. The lowest BCUT2D eigenvalue weighted by molar-refractivity contribution is 0.355. The first-order valence-electron chi connectivity index (χ1n) is 12.2. The van der Waals surface area contributed by atoms with Crippen LogP contribution in [0.1, 0.15) is 43.7 Å². The van der Waals surface area contributed by atoms with Gasteiger partial charge in [0.05, 0.1) is 19.6 Å². The van der Waals surface area contributed by atoms with Gasteiger partial charge < -0.3 is 19.1 Å². The molecule has 184 valence electrons. The van der Waals surface area contributed by atoms with Crippen LogP contribution in [-0.4, -0.2) is 39.2 Å². The molecule has 0 atom stereocenters. The van der Waals surface area contributed by atoms with E-state index in [-0.39, 0.29) is 5.88 Å². The molecule has 1 aliphatic carbocycles. The minimum absolute atomic E-state index is 0.166. The van der Waals surface area contributed by atoms with Crippen LogP contribution < -0.4 is 9.47 Å². The second kappa shape index (κ2) is 9.11. The zero-order valence-corrected chi connectivity index (χ0v) is 20.3. The van der Waals surface area contributed by atoms with Crippen LogP contribution >= 0.6 is 0 Å². The molecule has 6 rings (SSSR count). The Bertz CT molecular complexity index is 1490. The van der Waals surface area contributed by atoms with Crippen molar-refractivity contribution in [1.82, 2.24) is 19.9 Å². The highest BCUT2D eigenvalue weighted by atomic mass is 16.5. The van der Waals surface area contributed by atoms with Gasteiger partial charge in [0.2, 0.25) is 5.88 Å². The predicted molar refractivity (Wildman–Crippen MR) is 137 cm³/mol. The van der Waals surface area contributed by atoms with Crippen LogP contribution in [0.15, 0.2) is 59.3 Å². The van der Waals surface area contributed by atoms with Gasteiger partial charge in [-0.15, -0.1) is 0 Å². The molecule has 36 heavy (non-hydrogen) atoms. The van der Waals surface area contributed by atoms with Crippen molar-refractivity contribution in [2.24, 2.45) is 0 Å². The van der Waals surface area contributed by atoms with Crippen molar-refractivity contribution in [1.29, 1.82) is 0 Å². The summed E-state index contributed by atoms with van der Waals surface area (Å²) in [4.78, 5) is 0. The third kappa shape index (κ3) is 3.61. The molecule has 8 nitrogen and oxygen atoms in total. The van der Waals surface area contributed by atoms with Gasteiger partial charge in [0.25, 0.3) is 0 Å². The minimum Gasteiger partial charge on any atom is -0.493 e. The Kier molecular flexibility index (Phi) is 5.64. The number of benzene rings is 2. The van der Waals surface area contributed by atoms with E-state index in [1.807, 2.05) is 53.1 Å². The smallest absolute Gasteiger partial charge is 0.222 e. The largest absolute Gasteiger partial charge is 0.493 e. The molecule has 3 aromatic heterocycles. The van der Waals surface area contributed by atoms with Gasteiger partial charge in [0.1, 0.15) is 23.2 Å². The first kappa shape index (κ1) is 22.3. The van der Waals surface area contributed by atoms with Crippen LogP contribution in [-0.2, 0) is 0 Å². The second-order valence-electron chi connectivity index (χ2n) is 9.20. The van der Waals surface area contributed by atoms with E-state index in [4.69, 9.17) is 14.0 Å². The lowest BCUT2D eigenvalue weighted by Gasteiger charge is -2.24. The first-order valence-corrected chi connectivity index (χ1v) is 12.2. The van der Waals surface area contributed by atoms with Crippen LogP contribution in [0.3, 0.4) is 0 Å². The highest BCUT2D eigenvalue weighted by Crippen LogP contribution is 2.46. The molecule has 0 aliphatic heterocycles. The number of hydrogen-bond acceptors (Lipinski definition) is 6. The van der Waals surface area contributed by atoms with E-state index in [1.54, 1.807) is 20.5 Å². The molecule has 0 amide bonds. The van der Waals surface area contributed by atoms with Gasteiger partial charge in [-0.05, 0) is 43.2 Å². The molecule has 0 radical (unpaired) electrons. The number of nitrogens with one attached hydrogen (secondary N) is 1. The summed E-state index contributed by atoms with van der Waals surface area (Å²) in [6, 6.07) is 15.6. The Morgan fingerprint density at radius 1 is 0.944 bits per heavy atom. The third-order valence-electron chi connectivity index (χ3n) is 7.21. The van der Waals surface area contributed by atoms with Crippen LogP contribution in [0.25, 0.3) is 39.1 Å². The maximum absolute atomic E-state index is 11.5. The average molecular weight is 485 g/mol. The standard InChI is InChI=1S/C28H28N4O4/c1-34-22-13-10-19(16-23(22)35-2)25-24-26(30-29-25)28(33)32(27(24)18-6-4-3-5-7-18)20-11-8-17(9-12-20)21-14-15-36-31-21/h8-16,18,30,33H,3-7H2,1-2H3. The monoisotopic (exact) mass is 484 g/mol. The zero-order valence-electron chi connectivity index (χ0n) is 20.3. The van der Waals surface area contributed by atoms with Crippen LogP contribution in [0, 0.1) is 0 Å². The van der Waals surface area contributed by atoms with Gasteiger partial charge in [-0.1, -0.05) is 36.6 Å². The van der Waals surface area contributed by atoms with Gasteiger partial charge in [-0.3, -0.25) is 9.67 Å². The molecule has 3 heterocycles. The quantitative estimate of drug-likeness (QED) is 0.288. The van der Waals surface area contributed by atoms with Crippen molar-refractivity contribution in [3.63, 3.8) is 0 Å². The maximum Gasteiger partial charge on any atom is 0.222 e. The summed E-state index contributed by atoms with van der Waals surface area (Å²) in [7, 11) is 3.25. The second-order valence-corrected chi connectivity index (χ2v) is 9.20. The first-order chi connectivity index (χ1) is 17.7. The topological polar surface area (TPSA) is 98.3 Å². The minimum atomic E-state index is 0.166. The van der Waals surface area contributed by atoms with Crippen molar-refractivity contribution >= 4 is 10.9 Å². The normalized spacial score (nSPS) is 14.4. The number of fused-ring (bicyclic) bond motifs is 1. The fourth-order valence-corrected chi connectivity index (χ4v) is 5.45. The summed E-state index contributed by atoms with van der Waals surface area (Å²) in [5.74, 6) is 1.78. The van der Waals surface area contributed by atoms with Crippen molar-refractivity contribution in [3.05, 3.63) is 60.5 Å². The maximum atomic E-state index is 11.5. The van der Waals surface area contributed by atoms with Crippen molar-refractivity contribution in [2.45, 2.75) is 38.0 Å². The Labute approximate surface area is 208 Å². The Balaban J connectivity index is 1.54. The SMILES string of the molecule is COc1ccc(-c2n[nH]c3c(O)n(-c4ccc(-c5ccon5)cc4)c(C4CCCCC4)c23)cc1OC. The number of H-pyrrole nitrogens is 1. The summed E-state index contributed by atoms with van der Waals surface area (Å²) in [6.45, 7) is 0. The Morgan fingerprint density at radius 3 is 2.39 bits per heavy atom. The summed E-state index contributed by atoms with van der Waals surface area (Å²) in [6.07, 6.45) is 7.30. The number of aromatic nitrogens is 4. The van der Waals surface area contributed by atoms with Gasteiger partial charge in [0, 0.05) is 34.5 Å². The zero-order chi connectivity index (χ0) is 24.6. The number of hydrogen-bond donors (Lipinski definition) is 2. The van der Waals surface area contributed by atoms with E-state index in [2.05, 4.69) is 15.4 Å². The van der Waals surface area contributed by atoms with E-state index < -0.39 is 0 Å². The van der Waals surface area contributed by atoms with Crippen molar-refractivity contribution in [2.75, 3.05) is 14.2 Å². The number of methoxy groups -OCH3 is 2. The molecule has 8 heteroatoms. The predicted octanol–water partition coefficient (Wildman–Crippen LogP) is 6.45. The average Bonchev–Trinajstić information content (AvgIpc) is 3.67. The van der Waals surface area contributed by atoms with Crippen LogP contribution in [0.4, 0.5) is 0 Å². The number of aromatic hydroxyl groups is 1. The van der Waals surface area contributed by atoms with Gasteiger partial charge in [0.15, 0.2) is 11.5 Å². The summed E-state index contributed by atoms with van der Waals surface area (Å²) in [5.41, 5.74) is 6.04. The fourth-order valence-electron chi connectivity index (χ4n) is 5.45. The van der Waals surface area contributed by atoms with Gasteiger partial charge in [-0.2, -0.15) is 5.10 Å². The molecule has 2 aromatic carbocycles. The molecule has 0 spiro atoms. The number of aromatic amines is 1. The molecule has 5 aromatic rings. The van der Waals surface area contributed by atoms with Gasteiger partial charge in [-0.25, -0.2) is 0 Å². The molecular weight excluding hydrogens is 456 g/mol. The van der Waals surface area contributed by atoms with E-state index in [9.17, 15) is 5.11 Å². The molecule has 1 fully saturated rings. The molecule has 1 saturated carbocycles. The summed E-state index contributed by atoms with van der Waals surface area (Å²) < 4.78 is 17.9. The summed E-state index contributed by atoms with van der Waals surface area (Å²) >= 11 is 0. The number of ether oxygens (including phenoxy) is 2. The van der Waals surface area contributed by atoms with Crippen molar-refractivity contribution in [3.8, 4) is 45.6 Å². The van der Waals surface area contributed by atoms with E-state index in [1.165, 1.54) is 19.3 Å². The van der Waals surface area contributed by atoms with Crippen LogP contribution in [0.2, 0.25) is 0 Å². The third-order valence-corrected chi connectivity index (χ3v) is 7.21. The van der Waals surface area contributed by atoms with E-state index in [0.717, 1.165) is 52.1 Å². The highest BCUT2D eigenvalue weighted by molar-refractivity contribution is 6.00. The Morgan fingerprint density at radius 2 is 1.69 bits per heavy atom. The van der Waals surface area contributed by atoms with Gasteiger partial charge >= 0.3 is 0 Å². The molecule has 0 unspecified atom stereocenters. The fraction of sp³-hybridized carbons (Fsp3) is 0.286. The molecule has 0 saturated heterocycles. The Hall–Kier alpha value is -4.20. The molecule has 0 bridgehead atoms. The molecular formula is C28H28N4O4. The van der Waals surface area contributed by atoms with Crippen LogP contribution in [0.5, 0.6) is 17.4 Å². The van der Waals surface area contributed by atoms with E-state index >= 15 is 0 Å². The highest BCUT2D eigenvalue weighted by Gasteiger charge is 2.30.